The molecule has 5 heteroatoms. The number of ether oxygens (including phenoxy) is 1. The van der Waals surface area contributed by atoms with E-state index in [-0.39, 0.29) is 0 Å². The van der Waals surface area contributed by atoms with Gasteiger partial charge in [-0.05, 0) is 57.2 Å². The molecule has 2 rings (SSSR count). The van der Waals surface area contributed by atoms with Gasteiger partial charge in [-0.3, -0.25) is 4.79 Å². The normalized spacial score (nSPS) is 11.7. The predicted octanol–water partition coefficient (Wildman–Crippen LogP) is 3.63. The highest BCUT2D eigenvalue weighted by Gasteiger charge is 2.19. The van der Waals surface area contributed by atoms with E-state index in [9.17, 15) is 14.0 Å². The van der Waals surface area contributed by atoms with Crippen LogP contribution in [0.4, 0.5) is 10.1 Å². The van der Waals surface area contributed by atoms with E-state index in [1.807, 2.05) is 19.9 Å². The number of rotatable bonds is 4. The van der Waals surface area contributed by atoms with E-state index in [0.29, 0.717) is 11.3 Å². The molecule has 2 aromatic rings. The quantitative estimate of drug-likeness (QED) is 0.877. The molecule has 0 fully saturated rings. The van der Waals surface area contributed by atoms with Gasteiger partial charge >= 0.3 is 5.97 Å². The molecule has 0 bridgehead atoms. The number of carbonyl (C=O) groups is 2. The minimum absolute atomic E-state index is 0.391. The zero-order valence-corrected chi connectivity index (χ0v) is 13.2. The number of halogens is 1. The topological polar surface area (TPSA) is 55.4 Å². The molecule has 0 saturated heterocycles. The minimum atomic E-state index is -0.964. The predicted molar refractivity (Wildman–Crippen MR) is 85.8 cm³/mol. The standard InChI is InChI=1S/C18H18FNO3/c1-11-8-12(2)10-14(9-11)18(22)23-13(3)17(21)20-16-6-4-15(19)5-7-16/h4-10,13H,1-3H3,(H,20,21)/t13-/m0/s1. The van der Waals surface area contributed by atoms with Gasteiger partial charge in [-0.1, -0.05) is 17.2 Å². The fourth-order valence-electron chi connectivity index (χ4n) is 2.15. The van der Waals surface area contributed by atoms with Crippen LogP contribution in [0.1, 0.15) is 28.4 Å². The number of anilines is 1. The number of carbonyl (C=O) groups excluding carboxylic acids is 2. The highest BCUT2D eigenvalue weighted by Crippen LogP contribution is 2.13. The Morgan fingerprint density at radius 2 is 1.61 bits per heavy atom. The van der Waals surface area contributed by atoms with Crippen molar-refractivity contribution in [2.24, 2.45) is 0 Å². The largest absolute Gasteiger partial charge is 0.449 e. The fraction of sp³-hybridized carbons (Fsp3) is 0.222. The lowest BCUT2D eigenvalue weighted by Gasteiger charge is -2.14. The van der Waals surface area contributed by atoms with Crippen LogP contribution in [0.2, 0.25) is 0 Å². The molecular weight excluding hydrogens is 297 g/mol. The molecule has 0 aliphatic heterocycles. The summed E-state index contributed by atoms with van der Waals surface area (Å²) in [5.74, 6) is -1.43. The Hall–Kier alpha value is -2.69. The zero-order chi connectivity index (χ0) is 17.0. The van der Waals surface area contributed by atoms with Crippen molar-refractivity contribution in [2.45, 2.75) is 26.9 Å². The van der Waals surface area contributed by atoms with Crippen LogP contribution in [0.25, 0.3) is 0 Å². The molecule has 0 aliphatic carbocycles. The molecule has 120 valence electrons. The number of aryl methyl sites for hydroxylation is 2. The Morgan fingerprint density at radius 1 is 1.04 bits per heavy atom. The van der Waals surface area contributed by atoms with E-state index in [1.165, 1.54) is 31.2 Å². The van der Waals surface area contributed by atoms with E-state index >= 15 is 0 Å². The summed E-state index contributed by atoms with van der Waals surface area (Å²) in [6, 6.07) is 10.7. The van der Waals surface area contributed by atoms with Crippen LogP contribution in [0.5, 0.6) is 0 Å². The van der Waals surface area contributed by atoms with Gasteiger partial charge in [-0.2, -0.15) is 0 Å². The molecule has 0 aliphatic rings. The maximum Gasteiger partial charge on any atom is 0.338 e. The molecule has 0 spiro atoms. The lowest BCUT2D eigenvalue weighted by Crippen LogP contribution is -2.30. The van der Waals surface area contributed by atoms with Gasteiger partial charge in [-0.25, -0.2) is 9.18 Å². The van der Waals surface area contributed by atoms with Gasteiger partial charge in [0.25, 0.3) is 5.91 Å². The molecule has 23 heavy (non-hydrogen) atoms. The van der Waals surface area contributed by atoms with Crippen molar-refractivity contribution in [3.63, 3.8) is 0 Å². The number of hydrogen-bond acceptors (Lipinski definition) is 3. The highest BCUT2D eigenvalue weighted by molar-refractivity contribution is 5.97. The van der Waals surface area contributed by atoms with E-state index in [4.69, 9.17) is 4.74 Å². The molecule has 1 N–H and O–H groups in total. The SMILES string of the molecule is Cc1cc(C)cc(C(=O)O[C@@H](C)C(=O)Nc2ccc(F)cc2)c1. The second kappa shape index (κ2) is 7.05. The molecule has 0 saturated carbocycles. The van der Waals surface area contributed by atoms with Gasteiger partial charge < -0.3 is 10.1 Å². The van der Waals surface area contributed by atoms with Crippen LogP contribution in [0, 0.1) is 19.7 Å². The Balaban J connectivity index is 1.99. The molecule has 1 atom stereocenters. The third-order valence-corrected chi connectivity index (χ3v) is 3.22. The van der Waals surface area contributed by atoms with Gasteiger partial charge in [0.05, 0.1) is 5.56 Å². The van der Waals surface area contributed by atoms with Crippen LogP contribution in [-0.2, 0) is 9.53 Å². The van der Waals surface area contributed by atoms with Gasteiger partial charge in [0.1, 0.15) is 5.82 Å². The number of nitrogens with one attached hydrogen (secondary N) is 1. The molecule has 0 heterocycles. The van der Waals surface area contributed by atoms with E-state index < -0.39 is 23.8 Å². The smallest absolute Gasteiger partial charge is 0.338 e. The van der Waals surface area contributed by atoms with Crippen LogP contribution in [-0.4, -0.2) is 18.0 Å². The van der Waals surface area contributed by atoms with Gasteiger partial charge in [0, 0.05) is 5.69 Å². The van der Waals surface area contributed by atoms with Crippen molar-refractivity contribution in [1.29, 1.82) is 0 Å². The average Bonchev–Trinajstić information content (AvgIpc) is 2.48. The minimum Gasteiger partial charge on any atom is -0.449 e. The van der Waals surface area contributed by atoms with E-state index in [0.717, 1.165) is 11.1 Å². The van der Waals surface area contributed by atoms with E-state index in [1.54, 1.807) is 12.1 Å². The Morgan fingerprint density at radius 3 is 2.17 bits per heavy atom. The summed E-state index contributed by atoms with van der Waals surface area (Å²) in [6.45, 7) is 5.25. The van der Waals surface area contributed by atoms with Gasteiger partial charge in [-0.15, -0.1) is 0 Å². The first kappa shape index (κ1) is 16.7. The van der Waals surface area contributed by atoms with Crippen LogP contribution >= 0.6 is 0 Å². The first-order valence-electron chi connectivity index (χ1n) is 7.21. The first-order valence-corrected chi connectivity index (χ1v) is 7.21. The number of esters is 1. The molecule has 0 aromatic heterocycles. The average molecular weight is 315 g/mol. The molecule has 2 aromatic carbocycles. The number of hydrogen-bond donors (Lipinski definition) is 1. The Bertz CT molecular complexity index is 705. The van der Waals surface area contributed by atoms with Crippen molar-refractivity contribution < 1.29 is 18.7 Å². The summed E-state index contributed by atoms with van der Waals surface area (Å²) in [7, 11) is 0. The maximum absolute atomic E-state index is 12.8. The number of amides is 1. The lowest BCUT2D eigenvalue weighted by atomic mass is 10.1. The molecule has 4 nitrogen and oxygen atoms in total. The summed E-state index contributed by atoms with van der Waals surface area (Å²) in [4.78, 5) is 24.1. The summed E-state index contributed by atoms with van der Waals surface area (Å²) in [5, 5.41) is 2.57. The monoisotopic (exact) mass is 315 g/mol. The van der Waals surface area contributed by atoms with Crippen molar-refractivity contribution in [1.82, 2.24) is 0 Å². The molecule has 1 amide bonds. The van der Waals surface area contributed by atoms with Crippen molar-refractivity contribution in [2.75, 3.05) is 5.32 Å². The summed E-state index contributed by atoms with van der Waals surface area (Å²) >= 11 is 0. The number of benzene rings is 2. The molecule has 0 unspecified atom stereocenters. The van der Waals surface area contributed by atoms with Crippen molar-refractivity contribution in [3.8, 4) is 0 Å². The first-order chi connectivity index (χ1) is 10.8. The fourth-order valence-corrected chi connectivity index (χ4v) is 2.15. The maximum atomic E-state index is 12.8. The second-order valence-electron chi connectivity index (χ2n) is 5.42. The van der Waals surface area contributed by atoms with Crippen LogP contribution < -0.4 is 5.32 Å². The molecular formula is C18H18FNO3. The summed E-state index contributed by atoms with van der Waals surface area (Å²) in [6.07, 6.45) is -0.964. The van der Waals surface area contributed by atoms with Crippen molar-refractivity contribution >= 4 is 17.6 Å². The second-order valence-corrected chi connectivity index (χ2v) is 5.42. The molecule has 0 radical (unpaired) electrons. The Kier molecular flexibility index (Phi) is 5.11. The summed E-state index contributed by atoms with van der Waals surface area (Å²) < 4.78 is 18.0. The zero-order valence-electron chi connectivity index (χ0n) is 13.2. The van der Waals surface area contributed by atoms with Gasteiger partial charge in [0.2, 0.25) is 0 Å². The van der Waals surface area contributed by atoms with Gasteiger partial charge in [0.15, 0.2) is 6.10 Å². The van der Waals surface area contributed by atoms with Crippen LogP contribution in [0.15, 0.2) is 42.5 Å². The third kappa shape index (κ3) is 4.64. The third-order valence-electron chi connectivity index (χ3n) is 3.22. The Labute approximate surface area is 134 Å². The van der Waals surface area contributed by atoms with Crippen LogP contribution in [0.3, 0.4) is 0 Å². The summed E-state index contributed by atoms with van der Waals surface area (Å²) in [5.41, 5.74) is 2.73. The van der Waals surface area contributed by atoms with Crippen molar-refractivity contribution in [3.05, 3.63) is 65.0 Å². The highest BCUT2D eigenvalue weighted by atomic mass is 19.1. The van der Waals surface area contributed by atoms with E-state index in [2.05, 4.69) is 5.32 Å². The lowest BCUT2D eigenvalue weighted by molar-refractivity contribution is -0.123.